The molecule has 0 heterocycles. The van der Waals surface area contributed by atoms with Crippen LogP contribution in [0.1, 0.15) is 29.7 Å². The van der Waals surface area contributed by atoms with Crippen molar-refractivity contribution in [3.05, 3.63) is 65.2 Å². The van der Waals surface area contributed by atoms with E-state index in [1.807, 2.05) is 37.3 Å². The Labute approximate surface area is 172 Å². The van der Waals surface area contributed by atoms with E-state index in [0.717, 1.165) is 23.4 Å². The number of hydrogen-bond donors (Lipinski definition) is 3. The van der Waals surface area contributed by atoms with Gasteiger partial charge in [0.1, 0.15) is 5.75 Å². The van der Waals surface area contributed by atoms with Gasteiger partial charge >= 0.3 is 0 Å². The van der Waals surface area contributed by atoms with Crippen molar-refractivity contribution in [2.75, 3.05) is 20.2 Å². The lowest BCUT2D eigenvalue weighted by molar-refractivity contribution is 0.180. The molecule has 0 aliphatic rings. The zero-order chi connectivity index (χ0) is 18.1. The average Bonchev–Trinajstić information content (AvgIpc) is 2.64. The predicted octanol–water partition coefficient (Wildman–Crippen LogP) is 3.41. The Kier molecular flexibility index (Phi) is 10.0. The smallest absolute Gasteiger partial charge is 0.191 e. The van der Waals surface area contributed by atoms with E-state index in [-0.39, 0.29) is 24.0 Å². The Bertz CT molecular complexity index is 707. The monoisotopic (exact) mass is 469 g/mol. The number of aryl methyl sites for hydroxylation is 1. The van der Waals surface area contributed by atoms with Gasteiger partial charge in [0.05, 0.1) is 19.8 Å². The number of nitrogens with one attached hydrogen (secondary N) is 2. The molecule has 3 N–H and O–H groups in total. The van der Waals surface area contributed by atoms with Crippen LogP contribution >= 0.6 is 24.0 Å². The van der Waals surface area contributed by atoms with Crippen LogP contribution in [0, 0.1) is 6.92 Å². The molecule has 0 aliphatic heterocycles. The van der Waals surface area contributed by atoms with Crippen LogP contribution in [0.2, 0.25) is 0 Å². The number of methoxy groups -OCH3 is 1. The highest BCUT2D eigenvalue weighted by atomic mass is 127. The van der Waals surface area contributed by atoms with Gasteiger partial charge in [-0.2, -0.15) is 0 Å². The fourth-order valence-electron chi connectivity index (χ4n) is 2.48. The van der Waals surface area contributed by atoms with E-state index >= 15 is 0 Å². The second kappa shape index (κ2) is 11.7. The van der Waals surface area contributed by atoms with E-state index < -0.39 is 6.10 Å². The minimum atomic E-state index is -0.641. The summed E-state index contributed by atoms with van der Waals surface area (Å²) in [6.07, 6.45) is -0.641. The second-order valence-electron chi connectivity index (χ2n) is 5.86. The fourth-order valence-corrected chi connectivity index (χ4v) is 2.48. The summed E-state index contributed by atoms with van der Waals surface area (Å²) in [4.78, 5) is 4.58. The van der Waals surface area contributed by atoms with Crippen molar-refractivity contribution < 1.29 is 9.84 Å². The molecule has 1 atom stereocenters. The molecule has 0 bridgehead atoms. The van der Waals surface area contributed by atoms with E-state index in [1.54, 1.807) is 7.11 Å². The maximum absolute atomic E-state index is 10.4. The summed E-state index contributed by atoms with van der Waals surface area (Å²) in [5.74, 6) is 1.42. The van der Waals surface area contributed by atoms with Gasteiger partial charge in [-0.15, -0.1) is 24.0 Å². The molecular weight excluding hydrogens is 441 g/mol. The number of rotatable bonds is 7. The molecule has 142 valence electrons. The third-order valence-electron chi connectivity index (χ3n) is 3.79. The molecule has 0 fully saturated rings. The molecule has 0 saturated carbocycles. The Hall–Kier alpha value is -1.80. The normalized spacial score (nSPS) is 12.1. The molecule has 6 heteroatoms. The van der Waals surface area contributed by atoms with Crippen LogP contribution in [0.4, 0.5) is 0 Å². The molecule has 0 spiro atoms. The maximum Gasteiger partial charge on any atom is 0.191 e. The highest BCUT2D eigenvalue weighted by Crippen LogP contribution is 2.18. The van der Waals surface area contributed by atoms with Crippen LogP contribution in [0.25, 0.3) is 0 Å². The van der Waals surface area contributed by atoms with E-state index in [2.05, 4.69) is 40.7 Å². The van der Waals surface area contributed by atoms with Crippen molar-refractivity contribution >= 4 is 29.9 Å². The van der Waals surface area contributed by atoms with Crippen molar-refractivity contribution in [1.82, 2.24) is 10.6 Å². The van der Waals surface area contributed by atoms with Crippen LogP contribution in [-0.2, 0) is 6.54 Å². The number of ether oxygens (including phenoxy) is 1. The summed E-state index contributed by atoms with van der Waals surface area (Å²) in [5, 5.41) is 16.8. The third-order valence-corrected chi connectivity index (χ3v) is 3.79. The van der Waals surface area contributed by atoms with Crippen LogP contribution in [0.5, 0.6) is 5.75 Å². The minimum absolute atomic E-state index is 0. The van der Waals surface area contributed by atoms with Gasteiger partial charge in [-0.1, -0.05) is 42.0 Å². The standard InChI is InChI=1S/C20H27N3O2.HI/c1-4-21-20(22-13-16-8-5-7-15(2)11-16)23-14-19(24)17-9-6-10-18(12-17)25-3;/h5-12,19,24H,4,13-14H2,1-3H3,(H2,21,22,23);1H. The zero-order valence-electron chi connectivity index (χ0n) is 15.5. The maximum atomic E-state index is 10.4. The molecule has 26 heavy (non-hydrogen) atoms. The molecule has 0 amide bonds. The number of nitrogens with zero attached hydrogens (tertiary/aromatic N) is 1. The number of aliphatic imine (C=N–C) groups is 1. The number of halogens is 1. The first-order chi connectivity index (χ1) is 12.1. The topological polar surface area (TPSA) is 65.9 Å². The largest absolute Gasteiger partial charge is 0.497 e. The summed E-state index contributed by atoms with van der Waals surface area (Å²) in [7, 11) is 1.62. The molecule has 0 radical (unpaired) electrons. The Morgan fingerprint density at radius 2 is 1.92 bits per heavy atom. The quantitative estimate of drug-likeness (QED) is 0.331. The van der Waals surface area contributed by atoms with Crippen LogP contribution in [-0.4, -0.2) is 31.3 Å². The molecule has 2 aromatic rings. The summed E-state index contributed by atoms with van der Waals surface area (Å²) in [6.45, 7) is 5.80. The van der Waals surface area contributed by atoms with Crippen molar-refractivity contribution in [2.45, 2.75) is 26.5 Å². The van der Waals surface area contributed by atoms with Crippen molar-refractivity contribution in [3.8, 4) is 5.75 Å². The molecule has 1 unspecified atom stereocenters. The lowest BCUT2D eigenvalue weighted by Crippen LogP contribution is -2.39. The predicted molar refractivity (Wildman–Crippen MR) is 117 cm³/mol. The molecule has 5 nitrogen and oxygen atoms in total. The first-order valence-electron chi connectivity index (χ1n) is 8.52. The molecular formula is C20H28IN3O2. The first-order valence-corrected chi connectivity index (χ1v) is 8.52. The number of benzene rings is 2. The number of hydrogen-bond acceptors (Lipinski definition) is 3. The van der Waals surface area contributed by atoms with E-state index in [9.17, 15) is 5.11 Å². The first kappa shape index (κ1) is 22.2. The van der Waals surface area contributed by atoms with E-state index in [1.165, 1.54) is 5.56 Å². The van der Waals surface area contributed by atoms with Gasteiger partial charge in [-0.3, -0.25) is 0 Å². The van der Waals surface area contributed by atoms with Crippen molar-refractivity contribution in [2.24, 2.45) is 4.99 Å². The highest BCUT2D eigenvalue weighted by molar-refractivity contribution is 14.0. The molecule has 2 aromatic carbocycles. The second-order valence-corrected chi connectivity index (χ2v) is 5.86. The Morgan fingerprint density at radius 1 is 1.15 bits per heavy atom. The number of guanidine groups is 1. The number of aliphatic hydroxyl groups is 1. The fraction of sp³-hybridized carbons (Fsp3) is 0.350. The number of aliphatic hydroxyl groups excluding tert-OH is 1. The SMILES string of the molecule is CCNC(=NCc1cccc(C)c1)NCC(O)c1cccc(OC)c1.I. The van der Waals surface area contributed by atoms with Gasteiger partial charge in [-0.05, 0) is 37.1 Å². The van der Waals surface area contributed by atoms with Gasteiger partial charge in [0.2, 0.25) is 0 Å². The Morgan fingerprint density at radius 3 is 2.62 bits per heavy atom. The van der Waals surface area contributed by atoms with Crippen molar-refractivity contribution in [1.29, 1.82) is 0 Å². The van der Waals surface area contributed by atoms with Crippen LogP contribution < -0.4 is 15.4 Å². The summed E-state index contributed by atoms with van der Waals surface area (Å²) in [6, 6.07) is 15.7. The van der Waals surface area contributed by atoms with Crippen molar-refractivity contribution in [3.63, 3.8) is 0 Å². The lowest BCUT2D eigenvalue weighted by Gasteiger charge is -2.16. The van der Waals surface area contributed by atoms with Gasteiger partial charge in [0.25, 0.3) is 0 Å². The third kappa shape index (κ3) is 7.21. The molecule has 0 aliphatic carbocycles. The highest BCUT2D eigenvalue weighted by Gasteiger charge is 2.09. The minimum Gasteiger partial charge on any atom is -0.497 e. The van der Waals surface area contributed by atoms with E-state index in [4.69, 9.17) is 4.74 Å². The zero-order valence-corrected chi connectivity index (χ0v) is 17.9. The van der Waals surface area contributed by atoms with Gasteiger partial charge in [0, 0.05) is 13.1 Å². The average molecular weight is 469 g/mol. The molecule has 0 aromatic heterocycles. The van der Waals surface area contributed by atoms with E-state index in [0.29, 0.717) is 19.0 Å². The summed E-state index contributed by atoms with van der Waals surface area (Å²) in [5.41, 5.74) is 3.19. The molecule has 0 saturated heterocycles. The lowest BCUT2D eigenvalue weighted by atomic mass is 10.1. The van der Waals surface area contributed by atoms with Gasteiger partial charge in [-0.25, -0.2) is 4.99 Å². The van der Waals surface area contributed by atoms with Crippen LogP contribution in [0.3, 0.4) is 0 Å². The molecule has 2 rings (SSSR count). The van der Waals surface area contributed by atoms with Gasteiger partial charge in [0.15, 0.2) is 5.96 Å². The van der Waals surface area contributed by atoms with Crippen LogP contribution in [0.15, 0.2) is 53.5 Å². The van der Waals surface area contributed by atoms with Gasteiger partial charge < -0.3 is 20.5 Å². The summed E-state index contributed by atoms with van der Waals surface area (Å²) < 4.78 is 5.20. The summed E-state index contributed by atoms with van der Waals surface area (Å²) >= 11 is 0. The Balaban J connectivity index is 0.00000338.